The fourth-order valence-corrected chi connectivity index (χ4v) is 7.58. The number of nitrogens with one attached hydrogen (secondary N) is 1. The summed E-state index contributed by atoms with van der Waals surface area (Å²) in [5.41, 5.74) is 10.4. The van der Waals surface area contributed by atoms with E-state index >= 15 is 0 Å². The Morgan fingerprint density at radius 2 is 1.69 bits per heavy atom. The third-order valence-electron chi connectivity index (χ3n) is 9.84. The van der Waals surface area contributed by atoms with Gasteiger partial charge in [0.1, 0.15) is 12.1 Å². The van der Waals surface area contributed by atoms with E-state index in [2.05, 4.69) is 29.6 Å². The molecule has 1 spiro atoms. The summed E-state index contributed by atoms with van der Waals surface area (Å²) in [6, 6.07) is 14.3. The van der Waals surface area contributed by atoms with Gasteiger partial charge in [-0.1, -0.05) is 68.5 Å². The van der Waals surface area contributed by atoms with Gasteiger partial charge in [-0.15, -0.1) is 0 Å². The van der Waals surface area contributed by atoms with Gasteiger partial charge in [-0.3, -0.25) is 9.59 Å². The maximum absolute atomic E-state index is 14.1. The van der Waals surface area contributed by atoms with Crippen LogP contribution in [0.25, 0.3) is 0 Å². The summed E-state index contributed by atoms with van der Waals surface area (Å²) in [5, 5.41) is 2.88. The van der Waals surface area contributed by atoms with Crippen LogP contribution in [0, 0.1) is 5.92 Å². The first-order valence-electron chi connectivity index (χ1n) is 14.8. The number of rotatable bonds is 6. The van der Waals surface area contributed by atoms with Gasteiger partial charge in [0.15, 0.2) is 0 Å². The van der Waals surface area contributed by atoms with Crippen molar-refractivity contribution in [1.29, 1.82) is 0 Å². The first-order chi connectivity index (χ1) is 18.9. The second-order valence-electron chi connectivity index (χ2n) is 12.2. The normalized spacial score (nSPS) is 23.6. The molecule has 6 rings (SSSR count). The van der Waals surface area contributed by atoms with Crippen LogP contribution in [0.2, 0.25) is 0 Å². The number of benzene rings is 2. The van der Waals surface area contributed by atoms with E-state index in [1.54, 1.807) is 12.1 Å². The van der Waals surface area contributed by atoms with E-state index in [0.29, 0.717) is 37.5 Å². The highest BCUT2D eigenvalue weighted by Crippen LogP contribution is 2.46. The number of nitrogens with two attached hydrogens (primary N) is 1. The van der Waals surface area contributed by atoms with Crippen molar-refractivity contribution in [3.05, 3.63) is 65.2 Å². The highest BCUT2D eigenvalue weighted by molar-refractivity contribution is 6.07. The number of carbonyl (C=O) groups excluding carboxylic acids is 3. The zero-order chi connectivity index (χ0) is 27.0. The second kappa shape index (κ2) is 10.7. The summed E-state index contributed by atoms with van der Waals surface area (Å²) < 4.78 is 0. The van der Waals surface area contributed by atoms with Gasteiger partial charge >= 0.3 is 6.03 Å². The minimum absolute atomic E-state index is 0.0571. The number of anilines is 1. The SMILES string of the molecule is Nc1ccc(C[C@H]2NC(=O)N([C@H](CC3CCCCC3)C(=O)N3CCC4(CCc5ccccc54)CC3)C2=O)cc1. The van der Waals surface area contributed by atoms with Crippen molar-refractivity contribution in [3.63, 3.8) is 0 Å². The average Bonchev–Trinajstić information content (AvgIpc) is 3.45. The number of nitrogen functional groups attached to an aromatic ring is 1. The van der Waals surface area contributed by atoms with E-state index in [9.17, 15) is 14.4 Å². The minimum atomic E-state index is -0.734. The van der Waals surface area contributed by atoms with Crippen LogP contribution < -0.4 is 11.1 Å². The molecule has 0 aromatic heterocycles. The molecule has 0 bridgehead atoms. The highest BCUT2D eigenvalue weighted by atomic mass is 16.2. The molecule has 39 heavy (non-hydrogen) atoms. The smallest absolute Gasteiger partial charge is 0.325 e. The molecule has 206 valence electrons. The Morgan fingerprint density at radius 1 is 0.974 bits per heavy atom. The molecular formula is C32H40N4O3. The molecule has 0 unspecified atom stereocenters. The Labute approximate surface area is 231 Å². The second-order valence-corrected chi connectivity index (χ2v) is 12.2. The summed E-state index contributed by atoms with van der Waals surface area (Å²) in [5.74, 6) is 0.0183. The van der Waals surface area contributed by atoms with Gasteiger partial charge in [0.25, 0.3) is 5.91 Å². The van der Waals surface area contributed by atoms with Gasteiger partial charge in [0.05, 0.1) is 0 Å². The Hall–Kier alpha value is -3.35. The molecular weight excluding hydrogens is 488 g/mol. The van der Waals surface area contributed by atoms with Crippen LogP contribution in [0.3, 0.4) is 0 Å². The molecule has 2 saturated heterocycles. The van der Waals surface area contributed by atoms with Gasteiger partial charge in [-0.25, -0.2) is 9.69 Å². The number of amides is 4. The van der Waals surface area contributed by atoms with Gasteiger partial charge in [0.2, 0.25) is 5.91 Å². The van der Waals surface area contributed by atoms with Crippen molar-refractivity contribution in [3.8, 4) is 0 Å². The van der Waals surface area contributed by atoms with Crippen molar-refractivity contribution in [1.82, 2.24) is 15.1 Å². The van der Waals surface area contributed by atoms with Crippen LogP contribution in [0.5, 0.6) is 0 Å². The molecule has 3 N–H and O–H groups in total. The molecule has 2 heterocycles. The average molecular weight is 529 g/mol. The molecule has 7 heteroatoms. The molecule has 0 radical (unpaired) electrons. The first-order valence-corrected chi connectivity index (χ1v) is 14.8. The minimum Gasteiger partial charge on any atom is -0.399 e. The number of nitrogens with zero attached hydrogens (tertiary/aromatic N) is 2. The lowest BCUT2D eigenvalue weighted by molar-refractivity contribution is -0.144. The van der Waals surface area contributed by atoms with Crippen molar-refractivity contribution < 1.29 is 14.4 Å². The predicted octanol–water partition coefficient (Wildman–Crippen LogP) is 4.58. The summed E-state index contributed by atoms with van der Waals surface area (Å²) in [6.07, 6.45) is 10.7. The molecule has 1 saturated carbocycles. The summed E-state index contributed by atoms with van der Waals surface area (Å²) in [6.45, 7) is 1.35. The zero-order valence-corrected chi connectivity index (χ0v) is 22.7. The number of likely N-dealkylation sites (tertiary alicyclic amines) is 1. The van der Waals surface area contributed by atoms with Crippen LogP contribution in [0.4, 0.5) is 10.5 Å². The van der Waals surface area contributed by atoms with Gasteiger partial charge in [-0.05, 0) is 72.3 Å². The highest BCUT2D eigenvalue weighted by Gasteiger charge is 2.48. The first kappa shape index (κ1) is 25.9. The predicted molar refractivity (Wildman–Crippen MR) is 151 cm³/mol. The van der Waals surface area contributed by atoms with Crippen molar-refractivity contribution in [2.45, 2.75) is 88.1 Å². The fraction of sp³-hybridized carbons (Fsp3) is 0.531. The number of carbonyl (C=O) groups is 3. The molecule has 7 nitrogen and oxygen atoms in total. The number of piperidine rings is 1. The van der Waals surface area contributed by atoms with E-state index in [1.807, 2.05) is 17.0 Å². The number of hydrogen-bond donors (Lipinski definition) is 2. The number of urea groups is 1. The number of aryl methyl sites for hydroxylation is 1. The standard InChI is InChI=1S/C32H40N4O3/c33-25-12-10-23(11-13-25)20-27-29(37)36(31(39)34-27)28(21-22-6-2-1-3-7-22)30(38)35-18-16-32(17-19-35)15-14-24-8-4-5-9-26(24)32/h4-5,8-13,22,27-28H,1-3,6-7,14-21,33H2,(H,34,39)/t27-,28-/m1/s1. The Balaban J connectivity index is 1.19. The molecule has 2 aromatic carbocycles. The Bertz CT molecular complexity index is 1230. The van der Waals surface area contributed by atoms with E-state index in [1.165, 1.54) is 22.4 Å². The van der Waals surface area contributed by atoms with Crippen LogP contribution >= 0.6 is 0 Å². The van der Waals surface area contributed by atoms with Gasteiger partial charge < -0.3 is 16.0 Å². The number of fused-ring (bicyclic) bond motifs is 2. The van der Waals surface area contributed by atoms with Crippen molar-refractivity contribution in [2.24, 2.45) is 5.92 Å². The largest absolute Gasteiger partial charge is 0.399 e. The molecule has 3 fully saturated rings. The molecule has 4 amide bonds. The van der Waals surface area contributed by atoms with Crippen LogP contribution in [-0.4, -0.2) is 52.8 Å². The lowest BCUT2D eigenvalue weighted by atomic mass is 9.73. The fourth-order valence-electron chi connectivity index (χ4n) is 7.58. The maximum Gasteiger partial charge on any atom is 0.325 e. The molecule has 2 aliphatic heterocycles. The Morgan fingerprint density at radius 3 is 2.44 bits per heavy atom. The number of hydrogen-bond acceptors (Lipinski definition) is 4. The maximum atomic E-state index is 14.1. The molecule has 4 aliphatic rings. The molecule has 2 atom stereocenters. The van der Waals surface area contributed by atoms with Gasteiger partial charge in [-0.2, -0.15) is 0 Å². The molecule has 2 aliphatic carbocycles. The van der Waals surface area contributed by atoms with Crippen molar-refractivity contribution in [2.75, 3.05) is 18.8 Å². The third-order valence-corrected chi connectivity index (χ3v) is 9.84. The summed E-state index contributed by atoms with van der Waals surface area (Å²) >= 11 is 0. The lowest BCUT2D eigenvalue weighted by Gasteiger charge is -2.42. The lowest BCUT2D eigenvalue weighted by Crippen LogP contribution is -2.55. The van der Waals surface area contributed by atoms with E-state index in [-0.39, 0.29) is 17.2 Å². The van der Waals surface area contributed by atoms with Crippen LogP contribution in [-0.2, 0) is 27.8 Å². The topological polar surface area (TPSA) is 95.7 Å². The monoisotopic (exact) mass is 528 g/mol. The van der Waals surface area contributed by atoms with Crippen molar-refractivity contribution >= 4 is 23.5 Å². The molecule has 2 aromatic rings. The van der Waals surface area contributed by atoms with E-state index in [0.717, 1.165) is 56.9 Å². The Kier molecular flexibility index (Phi) is 7.08. The van der Waals surface area contributed by atoms with Crippen LogP contribution in [0.15, 0.2) is 48.5 Å². The van der Waals surface area contributed by atoms with Crippen LogP contribution in [0.1, 0.15) is 74.5 Å². The third kappa shape index (κ3) is 5.04. The number of imide groups is 1. The van der Waals surface area contributed by atoms with E-state index < -0.39 is 18.1 Å². The summed E-state index contributed by atoms with van der Waals surface area (Å²) in [7, 11) is 0. The quantitative estimate of drug-likeness (QED) is 0.424. The summed E-state index contributed by atoms with van der Waals surface area (Å²) in [4.78, 5) is 44.2. The van der Waals surface area contributed by atoms with E-state index in [4.69, 9.17) is 5.73 Å². The zero-order valence-electron chi connectivity index (χ0n) is 22.7. The van der Waals surface area contributed by atoms with Gasteiger partial charge in [0, 0.05) is 25.2 Å².